The van der Waals surface area contributed by atoms with Gasteiger partial charge in [0, 0.05) is 11.5 Å². The number of sulfone groups is 1. The van der Waals surface area contributed by atoms with Crippen molar-refractivity contribution in [1.29, 1.82) is 0 Å². The molecule has 1 fully saturated rings. The lowest BCUT2D eigenvalue weighted by atomic mass is 9.96. The number of hydrogen-bond donors (Lipinski definition) is 1. The molecule has 2 rings (SSSR count). The summed E-state index contributed by atoms with van der Waals surface area (Å²) in [5.74, 6) is 1.54. The highest BCUT2D eigenvalue weighted by molar-refractivity contribution is 7.91. The van der Waals surface area contributed by atoms with E-state index in [4.69, 9.17) is 11.6 Å². The summed E-state index contributed by atoms with van der Waals surface area (Å²) in [6.45, 7) is 7.91. The summed E-state index contributed by atoms with van der Waals surface area (Å²) in [5, 5.41) is 3.57. The third-order valence-corrected chi connectivity index (χ3v) is 5.40. The fourth-order valence-corrected chi connectivity index (χ4v) is 4.51. The van der Waals surface area contributed by atoms with Gasteiger partial charge in [0.15, 0.2) is 9.84 Å². The molecular formula is C13H20ClN3O2S. The monoisotopic (exact) mass is 317 g/mol. The molecule has 1 unspecified atom stereocenters. The highest BCUT2D eigenvalue weighted by Gasteiger charge is 2.38. The Bertz CT molecular complexity index is 625. The van der Waals surface area contributed by atoms with Crippen LogP contribution in [0.3, 0.4) is 0 Å². The molecule has 0 radical (unpaired) electrons. The van der Waals surface area contributed by atoms with Crippen LogP contribution in [0.2, 0.25) is 5.15 Å². The predicted molar refractivity (Wildman–Crippen MR) is 81.0 cm³/mol. The van der Waals surface area contributed by atoms with Crippen molar-refractivity contribution in [1.82, 2.24) is 9.97 Å². The third-order valence-electron chi connectivity index (χ3n) is 3.30. The minimum Gasteiger partial charge on any atom is -0.364 e. The molecule has 7 heteroatoms. The van der Waals surface area contributed by atoms with E-state index in [0.717, 1.165) is 0 Å². The van der Waals surface area contributed by atoms with E-state index in [0.29, 0.717) is 23.2 Å². The maximum atomic E-state index is 11.6. The molecule has 5 nitrogen and oxygen atoms in total. The quantitative estimate of drug-likeness (QED) is 0.848. The van der Waals surface area contributed by atoms with Crippen molar-refractivity contribution in [2.24, 2.45) is 0 Å². The number of rotatable bonds is 2. The van der Waals surface area contributed by atoms with Crippen LogP contribution in [0.4, 0.5) is 5.82 Å². The van der Waals surface area contributed by atoms with E-state index in [9.17, 15) is 8.42 Å². The molecule has 1 aliphatic heterocycles. The van der Waals surface area contributed by atoms with E-state index in [1.54, 1.807) is 6.07 Å². The van der Waals surface area contributed by atoms with Crippen LogP contribution in [0.15, 0.2) is 6.07 Å². The maximum absolute atomic E-state index is 11.6. The topological polar surface area (TPSA) is 72.0 Å². The Morgan fingerprint density at radius 1 is 1.35 bits per heavy atom. The second-order valence-electron chi connectivity index (χ2n) is 6.68. The van der Waals surface area contributed by atoms with Crippen LogP contribution in [0.25, 0.3) is 0 Å². The summed E-state index contributed by atoms with van der Waals surface area (Å²) in [6.07, 6.45) is 0.571. The van der Waals surface area contributed by atoms with Gasteiger partial charge < -0.3 is 5.32 Å². The Hall–Kier alpha value is -0.880. The zero-order chi connectivity index (χ0) is 15.2. The minimum atomic E-state index is -2.96. The Labute approximate surface area is 125 Å². The van der Waals surface area contributed by atoms with Gasteiger partial charge in [-0.25, -0.2) is 18.4 Å². The Kier molecular flexibility index (Phi) is 3.75. The largest absolute Gasteiger partial charge is 0.364 e. The molecule has 0 amide bonds. The van der Waals surface area contributed by atoms with Crippen LogP contribution in [0.5, 0.6) is 0 Å². The molecule has 0 aliphatic carbocycles. The average Bonchev–Trinajstić information content (AvgIpc) is 2.50. The molecule has 1 aromatic rings. The number of aromatic nitrogens is 2. The van der Waals surface area contributed by atoms with E-state index in [2.05, 4.69) is 15.3 Å². The molecular weight excluding hydrogens is 298 g/mol. The molecule has 2 heterocycles. The number of nitrogens with one attached hydrogen (secondary N) is 1. The van der Waals surface area contributed by atoms with Gasteiger partial charge in [-0.15, -0.1) is 0 Å². The number of anilines is 1. The van der Waals surface area contributed by atoms with Crippen molar-refractivity contribution in [3.63, 3.8) is 0 Å². The zero-order valence-corrected chi connectivity index (χ0v) is 13.8. The van der Waals surface area contributed by atoms with Crippen molar-refractivity contribution in [2.75, 3.05) is 16.8 Å². The second kappa shape index (κ2) is 4.84. The van der Waals surface area contributed by atoms with Crippen molar-refractivity contribution < 1.29 is 8.42 Å². The number of hydrogen-bond acceptors (Lipinski definition) is 5. The van der Waals surface area contributed by atoms with Crippen molar-refractivity contribution in [3.8, 4) is 0 Å². The summed E-state index contributed by atoms with van der Waals surface area (Å²) < 4.78 is 23.3. The lowest BCUT2D eigenvalue weighted by Gasteiger charge is -2.26. The van der Waals surface area contributed by atoms with Crippen molar-refractivity contribution >= 4 is 27.3 Å². The van der Waals surface area contributed by atoms with Gasteiger partial charge in [-0.3, -0.25) is 0 Å². The van der Waals surface area contributed by atoms with Crippen LogP contribution in [-0.4, -0.2) is 35.4 Å². The highest BCUT2D eigenvalue weighted by Crippen LogP contribution is 2.29. The van der Waals surface area contributed by atoms with Gasteiger partial charge in [-0.2, -0.15) is 0 Å². The highest BCUT2D eigenvalue weighted by atomic mass is 35.5. The van der Waals surface area contributed by atoms with E-state index >= 15 is 0 Å². The molecule has 1 aromatic heterocycles. The van der Waals surface area contributed by atoms with Gasteiger partial charge in [0.05, 0.1) is 17.0 Å². The maximum Gasteiger partial charge on any atom is 0.152 e. The molecule has 0 aromatic carbocycles. The van der Waals surface area contributed by atoms with Crippen LogP contribution >= 0.6 is 11.6 Å². The first-order valence-electron chi connectivity index (χ1n) is 6.53. The number of nitrogens with zero attached hydrogens (tertiary/aromatic N) is 2. The van der Waals surface area contributed by atoms with Gasteiger partial charge in [0.1, 0.15) is 16.8 Å². The van der Waals surface area contributed by atoms with Gasteiger partial charge in [0.2, 0.25) is 0 Å². The zero-order valence-electron chi connectivity index (χ0n) is 12.2. The molecule has 1 N–H and O–H groups in total. The summed E-state index contributed by atoms with van der Waals surface area (Å²) in [7, 11) is -2.96. The SMILES string of the molecule is CC1(Nc2cc(Cl)nc(C(C)(C)C)n2)CCS(=O)(=O)C1. The number of halogens is 1. The van der Waals surface area contributed by atoms with Crippen molar-refractivity contribution in [3.05, 3.63) is 17.0 Å². The average molecular weight is 318 g/mol. The lowest BCUT2D eigenvalue weighted by Crippen LogP contribution is -2.36. The Morgan fingerprint density at radius 3 is 2.50 bits per heavy atom. The van der Waals surface area contributed by atoms with E-state index < -0.39 is 15.4 Å². The smallest absolute Gasteiger partial charge is 0.152 e. The first-order chi connectivity index (χ1) is 8.99. The van der Waals surface area contributed by atoms with Crippen molar-refractivity contribution in [2.45, 2.75) is 45.1 Å². The molecule has 112 valence electrons. The fraction of sp³-hybridized carbons (Fsp3) is 0.692. The minimum absolute atomic E-state index is 0.118. The molecule has 0 bridgehead atoms. The fourth-order valence-electron chi connectivity index (χ4n) is 2.24. The lowest BCUT2D eigenvalue weighted by molar-refractivity contribution is 0.539. The molecule has 0 saturated carbocycles. The van der Waals surface area contributed by atoms with E-state index in [1.807, 2.05) is 27.7 Å². The van der Waals surface area contributed by atoms with Gasteiger partial charge in [-0.1, -0.05) is 32.4 Å². The summed E-state index contributed by atoms with van der Waals surface area (Å²) in [5.41, 5.74) is -0.713. The van der Waals surface area contributed by atoms with Gasteiger partial charge in [0.25, 0.3) is 0 Å². The predicted octanol–water partition coefficient (Wildman–Crippen LogP) is 2.42. The van der Waals surface area contributed by atoms with Crippen LogP contribution in [-0.2, 0) is 15.3 Å². The summed E-state index contributed by atoms with van der Waals surface area (Å²) >= 11 is 6.03. The second-order valence-corrected chi connectivity index (χ2v) is 9.25. The molecule has 20 heavy (non-hydrogen) atoms. The Balaban J connectivity index is 2.29. The first-order valence-corrected chi connectivity index (χ1v) is 8.73. The molecule has 0 spiro atoms. The van der Waals surface area contributed by atoms with Gasteiger partial charge in [-0.05, 0) is 13.3 Å². The molecule has 1 saturated heterocycles. The van der Waals surface area contributed by atoms with Crippen LogP contribution < -0.4 is 5.32 Å². The normalized spacial score (nSPS) is 25.6. The van der Waals surface area contributed by atoms with E-state index in [1.165, 1.54) is 0 Å². The van der Waals surface area contributed by atoms with E-state index in [-0.39, 0.29) is 16.9 Å². The van der Waals surface area contributed by atoms with Crippen LogP contribution in [0.1, 0.15) is 39.9 Å². The standard InChI is InChI=1S/C13H20ClN3O2S/c1-12(2,3)11-15-9(14)7-10(16-11)17-13(4)5-6-20(18,19)8-13/h7H,5-6,8H2,1-4H3,(H,15,16,17). The van der Waals surface area contributed by atoms with Gasteiger partial charge >= 0.3 is 0 Å². The third kappa shape index (κ3) is 3.61. The molecule has 1 atom stereocenters. The summed E-state index contributed by atoms with van der Waals surface area (Å²) in [6, 6.07) is 1.63. The Morgan fingerprint density at radius 2 is 2.00 bits per heavy atom. The van der Waals surface area contributed by atoms with Crippen LogP contribution in [0, 0.1) is 0 Å². The first kappa shape index (κ1) is 15.5. The molecule has 1 aliphatic rings. The summed E-state index contributed by atoms with van der Waals surface area (Å²) in [4.78, 5) is 8.69.